The zero-order valence-corrected chi connectivity index (χ0v) is 11.5. The first-order valence-electron chi connectivity index (χ1n) is 6.28. The minimum absolute atomic E-state index is 0.135. The Labute approximate surface area is 112 Å². The normalized spacial score (nSPS) is 10.9. The standard InChI is InChI=1S/C14H18N4O/c1-5-6-15-14(19)12-7-11-8-16-18(9(2)3)13(11)17-10(12)4/h5,7-9H,1,6H2,2-4H3,(H,15,19). The third kappa shape index (κ3) is 2.50. The summed E-state index contributed by atoms with van der Waals surface area (Å²) in [7, 11) is 0. The summed E-state index contributed by atoms with van der Waals surface area (Å²) in [6, 6.07) is 2.08. The lowest BCUT2D eigenvalue weighted by Crippen LogP contribution is -2.24. The van der Waals surface area contributed by atoms with Crippen molar-refractivity contribution >= 4 is 16.9 Å². The summed E-state index contributed by atoms with van der Waals surface area (Å²) in [6.07, 6.45) is 3.39. The number of nitrogens with zero attached hydrogens (tertiary/aromatic N) is 3. The molecule has 0 aliphatic heterocycles. The van der Waals surface area contributed by atoms with Crippen molar-refractivity contribution in [3.8, 4) is 0 Å². The van der Waals surface area contributed by atoms with Crippen LogP contribution in [0.1, 0.15) is 35.9 Å². The third-order valence-corrected chi connectivity index (χ3v) is 2.90. The molecule has 0 saturated carbocycles. The van der Waals surface area contributed by atoms with Gasteiger partial charge in [0.2, 0.25) is 0 Å². The van der Waals surface area contributed by atoms with E-state index in [1.54, 1.807) is 12.3 Å². The first kappa shape index (κ1) is 13.3. The average Bonchev–Trinajstić information content (AvgIpc) is 2.77. The molecular formula is C14H18N4O. The monoisotopic (exact) mass is 258 g/mol. The molecule has 2 rings (SSSR count). The number of aromatic nitrogens is 3. The lowest BCUT2D eigenvalue weighted by Gasteiger charge is -2.09. The fourth-order valence-electron chi connectivity index (χ4n) is 1.93. The van der Waals surface area contributed by atoms with Crippen LogP contribution >= 0.6 is 0 Å². The van der Waals surface area contributed by atoms with Crippen LogP contribution in [0, 0.1) is 6.92 Å². The highest BCUT2D eigenvalue weighted by atomic mass is 16.1. The molecule has 1 N–H and O–H groups in total. The van der Waals surface area contributed by atoms with E-state index in [1.165, 1.54) is 0 Å². The topological polar surface area (TPSA) is 59.8 Å². The number of pyridine rings is 1. The summed E-state index contributed by atoms with van der Waals surface area (Å²) in [4.78, 5) is 16.5. The fraction of sp³-hybridized carbons (Fsp3) is 0.357. The van der Waals surface area contributed by atoms with Crippen molar-refractivity contribution in [2.45, 2.75) is 26.8 Å². The van der Waals surface area contributed by atoms with E-state index >= 15 is 0 Å². The predicted octanol–water partition coefficient (Wildman–Crippen LogP) is 2.24. The molecule has 0 atom stereocenters. The molecule has 1 amide bonds. The van der Waals surface area contributed by atoms with Crippen molar-refractivity contribution < 1.29 is 4.79 Å². The maximum Gasteiger partial charge on any atom is 0.253 e. The van der Waals surface area contributed by atoms with Gasteiger partial charge in [-0.25, -0.2) is 9.67 Å². The number of hydrogen-bond acceptors (Lipinski definition) is 3. The second-order valence-electron chi connectivity index (χ2n) is 4.72. The number of aryl methyl sites for hydroxylation is 1. The second-order valence-corrected chi connectivity index (χ2v) is 4.72. The van der Waals surface area contributed by atoms with Crippen LogP contribution in [0.15, 0.2) is 24.9 Å². The Balaban J connectivity index is 2.45. The van der Waals surface area contributed by atoms with Crippen LogP contribution in [0.25, 0.3) is 11.0 Å². The Hall–Kier alpha value is -2.17. The van der Waals surface area contributed by atoms with Gasteiger partial charge in [-0.2, -0.15) is 5.10 Å². The smallest absolute Gasteiger partial charge is 0.253 e. The number of amides is 1. The van der Waals surface area contributed by atoms with E-state index in [4.69, 9.17) is 0 Å². The van der Waals surface area contributed by atoms with E-state index in [2.05, 4.69) is 22.0 Å². The summed E-state index contributed by atoms with van der Waals surface area (Å²) in [5, 5.41) is 7.94. The molecule has 0 saturated heterocycles. The lowest BCUT2D eigenvalue weighted by molar-refractivity contribution is 0.0957. The zero-order valence-electron chi connectivity index (χ0n) is 11.5. The van der Waals surface area contributed by atoms with E-state index in [9.17, 15) is 4.79 Å². The summed E-state index contributed by atoms with van der Waals surface area (Å²) >= 11 is 0. The average molecular weight is 258 g/mol. The van der Waals surface area contributed by atoms with Crippen LogP contribution in [-0.4, -0.2) is 27.2 Å². The van der Waals surface area contributed by atoms with Gasteiger partial charge in [0.25, 0.3) is 5.91 Å². The van der Waals surface area contributed by atoms with Gasteiger partial charge in [-0.05, 0) is 26.8 Å². The maximum absolute atomic E-state index is 12.0. The van der Waals surface area contributed by atoms with Gasteiger partial charge in [-0.15, -0.1) is 6.58 Å². The molecule has 2 heterocycles. The molecule has 0 bridgehead atoms. The van der Waals surface area contributed by atoms with Crippen LogP contribution in [0.3, 0.4) is 0 Å². The molecule has 5 nitrogen and oxygen atoms in total. The van der Waals surface area contributed by atoms with Crippen molar-refractivity contribution in [1.29, 1.82) is 0 Å². The molecule has 2 aromatic heterocycles. The Morgan fingerprint density at radius 3 is 2.95 bits per heavy atom. The summed E-state index contributed by atoms with van der Waals surface area (Å²) in [6.45, 7) is 9.96. The highest BCUT2D eigenvalue weighted by Crippen LogP contribution is 2.19. The Kier molecular flexibility index (Phi) is 3.64. The molecule has 5 heteroatoms. The number of nitrogens with one attached hydrogen (secondary N) is 1. The van der Waals surface area contributed by atoms with Gasteiger partial charge in [0.15, 0.2) is 5.65 Å². The van der Waals surface area contributed by atoms with E-state index in [-0.39, 0.29) is 11.9 Å². The SMILES string of the molecule is C=CCNC(=O)c1cc2cnn(C(C)C)c2nc1C. The van der Waals surface area contributed by atoms with Crippen LogP contribution in [-0.2, 0) is 0 Å². The Morgan fingerprint density at radius 2 is 2.32 bits per heavy atom. The van der Waals surface area contributed by atoms with Crippen LogP contribution in [0.2, 0.25) is 0 Å². The second kappa shape index (κ2) is 5.22. The highest BCUT2D eigenvalue weighted by Gasteiger charge is 2.14. The van der Waals surface area contributed by atoms with E-state index < -0.39 is 0 Å². The van der Waals surface area contributed by atoms with Crippen molar-refractivity contribution in [3.63, 3.8) is 0 Å². The van der Waals surface area contributed by atoms with Crippen molar-refractivity contribution in [2.24, 2.45) is 0 Å². The molecule has 0 aliphatic rings. The van der Waals surface area contributed by atoms with Gasteiger partial charge >= 0.3 is 0 Å². The Bertz CT molecular complexity index is 628. The summed E-state index contributed by atoms with van der Waals surface area (Å²) in [5.74, 6) is -0.135. The van der Waals surface area contributed by atoms with Gasteiger partial charge in [-0.3, -0.25) is 4.79 Å². The van der Waals surface area contributed by atoms with Crippen molar-refractivity contribution in [1.82, 2.24) is 20.1 Å². The number of carbonyl (C=O) groups is 1. The predicted molar refractivity (Wildman–Crippen MR) is 75.2 cm³/mol. The van der Waals surface area contributed by atoms with Gasteiger partial charge in [0.05, 0.1) is 17.5 Å². The van der Waals surface area contributed by atoms with Crippen LogP contribution in [0.4, 0.5) is 0 Å². The molecular weight excluding hydrogens is 240 g/mol. The molecule has 0 spiro atoms. The maximum atomic E-state index is 12.0. The molecule has 0 radical (unpaired) electrons. The number of fused-ring (bicyclic) bond motifs is 1. The van der Waals surface area contributed by atoms with Gasteiger partial charge in [-0.1, -0.05) is 6.08 Å². The molecule has 0 aliphatic carbocycles. The number of rotatable bonds is 4. The summed E-state index contributed by atoms with van der Waals surface area (Å²) < 4.78 is 1.85. The lowest BCUT2D eigenvalue weighted by atomic mass is 10.1. The minimum Gasteiger partial charge on any atom is -0.349 e. The Morgan fingerprint density at radius 1 is 1.58 bits per heavy atom. The minimum atomic E-state index is -0.135. The van der Waals surface area contributed by atoms with Crippen LogP contribution in [0.5, 0.6) is 0 Å². The highest BCUT2D eigenvalue weighted by molar-refractivity contribution is 5.98. The molecule has 0 unspecified atom stereocenters. The fourth-order valence-corrected chi connectivity index (χ4v) is 1.93. The molecule has 19 heavy (non-hydrogen) atoms. The van der Waals surface area contributed by atoms with E-state index in [0.717, 1.165) is 11.0 Å². The number of carbonyl (C=O) groups excluding carboxylic acids is 1. The van der Waals surface area contributed by atoms with Crippen LogP contribution < -0.4 is 5.32 Å². The first-order chi connectivity index (χ1) is 9.04. The van der Waals surface area contributed by atoms with Gasteiger partial charge < -0.3 is 5.32 Å². The number of hydrogen-bond donors (Lipinski definition) is 1. The van der Waals surface area contributed by atoms with Crippen molar-refractivity contribution in [3.05, 3.63) is 36.2 Å². The summed E-state index contributed by atoms with van der Waals surface area (Å²) in [5.41, 5.74) is 2.10. The van der Waals surface area contributed by atoms with E-state index in [0.29, 0.717) is 17.8 Å². The molecule has 100 valence electrons. The van der Waals surface area contributed by atoms with Crippen molar-refractivity contribution in [2.75, 3.05) is 6.54 Å². The van der Waals surface area contributed by atoms with Gasteiger partial charge in [0.1, 0.15) is 0 Å². The zero-order chi connectivity index (χ0) is 14.0. The molecule has 2 aromatic rings. The quantitative estimate of drug-likeness (QED) is 0.855. The molecule has 0 fully saturated rings. The third-order valence-electron chi connectivity index (χ3n) is 2.90. The molecule has 0 aromatic carbocycles. The largest absolute Gasteiger partial charge is 0.349 e. The van der Waals surface area contributed by atoms with Gasteiger partial charge in [0, 0.05) is 18.0 Å². The first-order valence-corrected chi connectivity index (χ1v) is 6.28. The van der Waals surface area contributed by atoms with E-state index in [1.807, 2.05) is 31.5 Å².